The molecule has 0 heterocycles. The van der Waals surface area contributed by atoms with E-state index in [9.17, 15) is 14.9 Å². The van der Waals surface area contributed by atoms with Gasteiger partial charge in [-0.1, -0.05) is 6.92 Å². The normalized spacial score (nSPS) is 20.6. The topological polar surface area (TPSA) is 93.5 Å². The monoisotopic (exact) mass is 321 g/mol. The molecule has 126 valence electrons. The Labute approximate surface area is 135 Å². The Bertz CT molecular complexity index is 568. The smallest absolute Gasteiger partial charge is 0.271 e. The summed E-state index contributed by atoms with van der Waals surface area (Å²) in [6, 6.07) is 4.48. The molecule has 0 aromatic heterocycles. The Balaban J connectivity index is 1.90. The van der Waals surface area contributed by atoms with Crippen LogP contribution in [-0.2, 0) is 4.79 Å². The molecule has 1 aromatic rings. The molecule has 1 saturated carbocycles. The molecular formula is C16H23N3O4. The van der Waals surface area contributed by atoms with Gasteiger partial charge in [0.25, 0.3) is 5.69 Å². The van der Waals surface area contributed by atoms with E-state index < -0.39 is 4.92 Å². The van der Waals surface area contributed by atoms with Gasteiger partial charge in [0, 0.05) is 18.2 Å². The lowest BCUT2D eigenvalue weighted by atomic mass is 9.87. The molecule has 1 aromatic carbocycles. The van der Waals surface area contributed by atoms with Gasteiger partial charge in [0.2, 0.25) is 5.91 Å². The summed E-state index contributed by atoms with van der Waals surface area (Å²) in [7, 11) is 1.48. The molecule has 0 radical (unpaired) electrons. The van der Waals surface area contributed by atoms with Crippen molar-refractivity contribution in [2.24, 2.45) is 5.92 Å². The molecule has 1 amide bonds. The summed E-state index contributed by atoms with van der Waals surface area (Å²) in [6.45, 7) is 2.29. The number of amides is 1. The quantitative estimate of drug-likeness (QED) is 0.620. The summed E-state index contributed by atoms with van der Waals surface area (Å²) < 4.78 is 5.16. The van der Waals surface area contributed by atoms with Crippen LogP contribution in [0.25, 0.3) is 0 Å². The second kappa shape index (κ2) is 7.80. The number of nitrogens with zero attached hydrogens (tertiary/aromatic N) is 1. The Hall–Kier alpha value is -2.31. The minimum atomic E-state index is -0.478. The third-order valence-corrected chi connectivity index (χ3v) is 4.21. The number of rotatable bonds is 6. The van der Waals surface area contributed by atoms with E-state index in [1.807, 2.05) is 0 Å². The van der Waals surface area contributed by atoms with E-state index in [0.717, 1.165) is 31.6 Å². The number of ether oxygens (including phenoxy) is 1. The Morgan fingerprint density at radius 3 is 2.65 bits per heavy atom. The maximum Gasteiger partial charge on any atom is 0.271 e. The molecule has 2 rings (SSSR count). The summed E-state index contributed by atoms with van der Waals surface area (Å²) in [5.74, 6) is 1.09. The minimum absolute atomic E-state index is 0.0463. The van der Waals surface area contributed by atoms with Crippen molar-refractivity contribution in [3.05, 3.63) is 28.3 Å². The van der Waals surface area contributed by atoms with E-state index in [1.165, 1.54) is 25.3 Å². The zero-order valence-corrected chi connectivity index (χ0v) is 13.5. The van der Waals surface area contributed by atoms with E-state index in [0.29, 0.717) is 11.4 Å². The van der Waals surface area contributed by atoms with Gasteiger partial charge in [0.15, 0.2) is 0 Å². The predicted molar refractivity (Wildman–Crippen MR) is 87.7 cm³/mol. The number of anilines is 1. The van der Waals surface area contributed by atoms with Crippen LogP contribution in [0.4, 0.5) is 11.4 Å². The zero-order chi connectivity index (χ0) is 16.8. The molecule has 7 nitrogen and oxygen atoms in total. The first-order valence-corrected chi connectivity index (χ1v) is 7.85. The number of nitrogens with one attached hydrogen (secondary N) is 2. The number of nitro groups is 1. The van der Waals surface area contributed by atoms with Gasteiger partial charge < -0.3 is 15.4 Å². The molecule has 0 saturated heterocycles. The summed E-state index contributed by atoms with van der Waals surface area (Å²) in [5.41, 5.74) is 0.393. The summed E-state index contributed by atoms with van der Waals surface area (Å²) in [5, 5.41) is 16.8. The van der Waals surface area contributed by atoms with Crippen molar-refractivity contribution < 1.29 is 14.5 Å². The fraction of sp³-hybridized carbons (Fsp3) is 0.562. The first-order chi connectivity index (χ1) is 11.0. The highest BCUT2D eigenvalue weighted by atomic mass is 16.6. The second-order valence-corrected chi connectivity index (χ2v) is 6.02. The molecule has 1 aliphatic rings. The maximum absolute atomic E-state index is 12.0. The molecule has 0 unspecified atom stereocenters. The van der Waals surface area contributed by atoms with Gasteiger partial charge in [-0.15, -0.1) is 0 Å². The first-order valence-electron chi connectivity index (χ1n) is 7.85. The molecule has 23 heavy (non-hydrogen) atoms. The second-order valence-electron chi connectivity index (χ2n) is 6.02. The molecule has 2 N–H and O–H groups in total. The van der Waals surface area contributed by atoms with Gasteiger partial charge in [-0.3, -0.25) is 14.9 Å². The van der Waals surface area contributed by atoms with Gasteiger partial charge in [0.1, 0.15) is 5.75 Å². The molecule has 1 fully saturated rings. The molecular weight excluding hydrogens is 298 g/mol. The van der Waals surface area contributed by atoms with Crippen LogP contribution in [0.5, 0.6) is 5.75 Å². The number of benzene rings is 1. The zero-order valence-electron chi connectivity index (χ0n) is 13.5. The van der Waals surface area contributed by atoms with Gasteiger partial charge >= 0.3 is 0 Å². The van der Waals surface area contributed by atoms with Gasteiger partial charge in [-0.25, -0.2) is 0 Å². The molecule has 0 bridgehead atoms. The van der Waals surface area contributed by atoms with Gasteiger partial charge in [-0.05, 0) is 37.7 Å². The summed E-state index contributed by atoms with van der Waals surface area (Å²) in [6.07, 6.45) is 4.29. The number of carbonyl (C=O) groups excluding carboxylic acids is 1. The van der Waals surface area contributed by atoms with Crippen LogP contribution in [0, 0.1) is 16.0 Å². The summed E-state index contributed by atoms with van der Waals surface area (Å²) in [4.78, 5) is 22.4. The average molecular weight is 321 g/mol. The van der Waals surface area contributed by atoms with Crippen LogP contribution in [0.15, 0.2) is 18.2 Å². The van der Waals surface area contributed by atoms with Crippen molar-refractivity contribution >= 4 is 17.3 Å². The standard InChI is InChI=1S/C16H23N3O4/c1-11-3-5-12(6-4-11)18-16(20)10-17-14-9-13(19(21)22)7-8-15(14)23-2/h7-9,11-12,17H,3-6,10H2,1-2H3,(H,18,20). The van der Waals surface area contributed by atoms with Crippen molar-refractivity contribution in [2.75, 3.05) is 19.0 Å². The van der Waals surface area contributed by atoms with E-state index in [1.54, 1.807) is 0 Å². The lowest BCUT2D eigenvalue weighted by Crippen LogP contribution is -2.40. The number of non-ortho nitro benzene ring substituents is 1. The van der Waals surface area contributed by atoms with Crippen LogP contribution < -0.4 is 15.4 Å². The number of hydrogen-bond donors (Lipinski definition) is 2. The lowest BCUT2D eigenvalue weighted by Gasteiger charge is -2.27. The number of nitro benzene ring substituents is 1. The van der Waals surface area contributed by atoms with E-state index >= 15 is 0 Å². The fourth-order valence-corrected chi connectivity index (χ4v) is 2.81. The molecule has 0 atom stereocenters. The van der Waals surface area contributed by atoms with Crippen molar-refractivity contribution in [1.82, 2.24) is 5.32 Å². The lowest BCUT2D eigenvalue weighted by molar-refractivity contribution is -0.384. The first kappa shape index (κ1) is 17.1. The van der Waals surface area contributed by atoms with Crippen LogP contribution in [0.2, 0.25) is 0 Å². The predicted octanol–water partition coefficient (Wildman–Crippen LogP) is 2.71. The van der Waals surface area contributed by atoms with Gasteiger partial charge in [-0.2, -0.15) is 0 Å². The fourth-order valence-electron chi connectivity index (χ4n) is 2.81. The SMILES string of the molecule is COc1ccc([N+](=O)[O-])cc1NCC(=O)NC1CCC(C)CC1. The number of carbonyl (C=O) groups is 1. The van der Waals surface area contributed by atoms with Crippen molar-refractivity contribution in [3.63, 3.8) is 0 Å². The highest BCUT2D eigenvalue weighted by molar-refractivity contribution is 5.81. The Morgan fingerprint density at radius 1 is 1.35 bits per heavy atom. The van der Waals surface area contributed by atoms with Crippen molar-refractivity contribution in [2.45, 2.75) is 38.6 Å². The number of hydrogen-bond acceptors (Lipinski definition) is 5. The highest BCUT2D eigenvalue weighted by Gasteiger charge is 2.20. The number of methoxy groups -OCH3 is 1. The third kappa shape index (κ3) is 4.84. The molecule has 0 spiro atoms. The molecule has 7 heteroatoms. The average Bonchev–Trinajstić information content (AvgIpc) is 2.54. The van der Waals surface area contributed by atoms with E-state index in [2.05, 4.69) is 17.6 Å². The van der Waals surface area contributed by atoms with Crippen LogP contribution >= 0.6 is 0 Å². The minimum Gasteiger partial charge on any atom is -0.495 e. The van der Waals surface area contributed by atoms with E-state index in [-0.39, 0.29) is 24.2 Å². The van der Waals surface area contributed by atoms with Crippen molar-refractivity contribution in [1.29, 1.82) is 0 Å². The largest absolute Gasteiger partial charge is 0.495 e. The Kier molecular flexibility index (Phi) is 5.78. The van der Waals surface area contributed by atoms with Crippen LogP contribution in [0.1, 0.15) is 32.6 Å². The molecule has 1 aliphatic carbocycles. The maximum atomic E-state index is 12.0. The van der Waals surface area contributed by atoms with Gasteiger partial charge in [0.05, 0.1) is 24.3 Å². The Morgan fingerprint density at radius 2 is 2.04 bits per heavy atom. The van der Waals surface area contributed by atoms with Crippen LogP contribution in [0.3, 0.4) is 0 Å². The third-order valence-electron chi connectivity index (χ3n) is 4.21. The summed E-state index contributed by atoms with van der Waals surface area (Å²) >= 11 is 0. The van der Waals surface area contributed by atoms with E-state index in [4.69, 9.17) is 4.74 Å². The highest BCUT2D eigenvalue weighted by Crippen LogP contribution is 2.28. The van der Waals surface area contributed by atoms with Crippen molar-refractivity contribution in [3.8, 4) is 5.75 Å². The van der Waals surface area contributed by atoms with Crippen LogP contribution in [-0.4, -0.2) is 30.5 Å². The molecule has 0 aliphatic heterocycles.